The second-order valence-corrected chi connectivity index (χ2v) is 4.61. The van der Waals surface area contributed by atoms with Crippen LogP contribution < -0.4 is 10.1 Å². The number of halogens is 1. The quantitative estimate of drug-likeness (QED) is 0.926. The van der Waals surface area contributed by atoms with Gasteiger partial charge in [0.25, 0.3) is 0 Å². The van der Waals surface area contributed by atoms with Crippen LogP contribution in [0.15, 0.2) is 17.5 Å². The molecule has 2 aromatic rings. The van der Waals surface area contributed by atoms with E-state index < -0.39 is 0 Å². The molecule has 0 amide bonds. The molecule has 0 aliphatic rings. The van der Waals surface area contributed by atoms with Crippen molar-refractivity contribution in [2.75, 3.05) is 12.4 Å². The zero-order chi connectivity index (χ0) is 12.3. The van der Waals surface area contributed by atoms with E-state index in [4.69, 9.17) is 16.3 Å². The second kappa shape index (κ2) is 5.29. The molecule has 7 heteroatoms. The predicted molar refractivity (Wildman–Crippen MR) is 67.7 cm³/mol. The van der Waals surface area contributed by atoms with Gasteiger partial charge in [-0.15, -0.1) is 11.3 Å². The average molecular weight is 271 g/mol. The lowest BCUT2D eigenvalue weighted by Crippen LogP contribution is -2.09. The van der Waals surface area contributed by atoms with Crippen LogP contribution in [0.4, 0.5) is 5.95 Å². The van der Waals surface area contributed by atoms with Gasteiger partial charge in [0.1, 0.15) is 0 Å². The minimum atomic E-state index is 0.109. The van der Waals surface area contributed by atoms with Gasteiger partial charge in [0.05, 0.1) is 13.2 Å². The molecule has 1 unspecified atom stereocenters. The van der Waals surface area contributed by atoms with Crippen LogP contribution in [0.3, 0.4) is 0 Å². The van der Waals surface area contributed by atoms with Crippen LogP contribution in [0.5, 0.6) is 6.01 Å². The molecule has 17 heavy (non-hydrogen) atoms. The van der Waals surface area contributed by atoms with Gasteiger partial charge in [0, 0.05) is 4.88 Å². The lowest BCUT2D eigenvalue weighted by atomic mass is 10.3. The summed E-state index contributed by atoms with van der Waals surface area (Å²) >= 11 is 7.42. The van der Waals surface area contributed by atoms with E-state index in [-0.39, 0.29) is 17.3 Å². The SMILES string of the molecule is COc1nc(Cl)nc(NC(C)c2cccs2)n1. The standard InChI is InChI=1S/C10H11ClN4OS/c1-6(7-4-3-5-17-7)12-9-13-8(11)14-10(15-9)16-2/h3-6H,1-2H3,(H,12,13,14,15). The minimum absolute atomic E-state index is 0.109. The summed E-state index contributed by atoms with van der Waals surface area (Å²) in [5, 5.41) is 5.27. The summed E-state index contributed by atoms with van der Waals surface area (Å²) in [5.41, 5.74) is 0. The van der Waals surface area contributed by atoms with Gasteiger partial charge in [0.2, 0.25) is 11.2 Å². The van der Waals surface area contributed by atoms with E-state index in [1.807, 2.05) is 24.4 Å². The minimum Gasteiger partial charge on any atom is -0.467 e. The summed E-state index contributed by atoms with van der Waals surface area (Å²) < 4.78 is 4.92. The Morgan fingerprint density at radius 3 is 2.88 bits per heavy atom. The number of rotatable bonds is 4. The second-order valence-electron chi connectivity index (χ2n) is 3.30. The molecule has 0 aromatic carbocycles. The summed E-state index contributed by atoms with van der Waals surface area (Å²) in [6.07, 6.45) is 0. The molecule has 0 aliphatic heterocycles. The molecule has 0 bridgehead atoms. The molecular weight excluding hydrogens is 260 g/mol. The van der Waals surface area contributed by atoms with Crippen LogP contribution in [0.2, 0.25) is 5.28 Å². The molecule has 0 saturated carbocycles. The van der Waals surface area contributed by atoms with E-state index in [1.165, 1.54) is 12.0 Å². The van der Waals surface area contributed by atoms with Crippen LogP contribution in [0.1, 0.15) is 17.8 Å². The van der Waals surface area contributed by atoms with Crippen LogP contribution >= 0.6 is 22.9 Å². The Morgan fingerprint density at radius 1 is 1.41 bits per heavy atom. The molecule has 1 N–H and O–H groups in total. The first-order valence-corrected chi connectivity index (χ1v) is 6.20. The van der Waals surface area contributed by atoms with Crippen LogP contribution in [0.25, 0.3) is 0 Å². The van der Waals surface area contributed by atoms with E-state index in [0.717, 1.165) is 0 Å². The lowest BCUT2D eigenvalue weighted by molar-refractivity contribution is 0.378. The topological polar surface area (TPSA) is 59.9 Å². The third-order valence-corrected chi connectivity index (χ3v) is 3.31. The molecule has 2 heterocycles. The van der Waals surface area contributed by atoms with Gasteiger partial charge in [-0.3, -0.25) is 0 Å². The number of thiophene rings is 1. The van der Waals surface area contributed by atoms with E-state index in [1.54, 1.807) is 11.3 Å². The molecule has 90 valence electrons. The monoisotopic (exact) mass is 270 g/mol. The maximum atomic E-state index is 5.76. The fourth-order valence-electron chi connectivity index (χ4n) is 1.29. The molecule has 0 saturated heterocycles. The third-order valence-electron chi connectivity index (χ3n) is 2.09. The average Bonchev–Trinajstić information content (AvgIpc) is 2.81. The summed E-state index contributed by atoms with van der Waals surface area (Å²) in [5.74, 6) is 0.405. The number of nitrogens with one attached hydrogen (secondary N) is 1. The molecule has 2 aromatic heterocycles. The number of nitrogens with zero attached hydrogens (tertiary/aromatic N) is 3. The van der Waals surface area contributed by atoms with Crippen LogP contribution in [-0.4, -0.2) is 22.1 Å². The number of aromatic nitrogens is 3. The Hall–Kier alpha value is -1.40. The highest BCUT2D eigenvalue weighted by molar-refractivity contribution is 7.10. The Balaban J connectivity index is 2.15. The van der Waals surface area contributed by atoms with Gasteiger partial charge in [-0.25, -0.2) is 0 Å². The van der Waals surface area contributed by atoms with Crippen molar-refractivity contribution in [3.63, 3.8) is 0 Å². The van der Waals surface area contributed by atoms with E-state index in [9.17, 15) is 0 Å². The molecule has 0 spiro atoms. The Labute approximate surface area is 108 Å². The van der Waals surface area contributed by atoms with Gasteiger partial charge < -0.3 is 10.1 Å². The fourth-order valence-corrected chi connectivity index (χ4v) is 2.18. The predicted octanol–water partition coefficient (Wildman–Crippen LogP) is 2.77. The fraction of sp³-hybridized carbons (Fsp3) is 0.300. The highest BCUT2D eigenvalue weighted by Crippen LogP contribution is 2.22. The Kier molecular flexibility index (Phi) is 3.75. The number of ether oxygens (including phenoxy) is 1. The largest absolute Gasteiger partial charge is 0.467 e. The molecule has 0 radical (unpaired) electrons. The highest BCUT2D eigenvalue weighted by atomic mass is 35.5. The lowest BCUT2D eigenvalue weighted by Gasteiger charge is -2.12. The Morgan fingerprint density at radius 2 is 2.24 bits per heavy atom. The van der Waals surface area contributed by atoms with Crippen LogP contribution in [0, 0.1) is 0 Å². The van der Waals surface area contributed by atoms with Crippen molar-refractivity contribution in [1.29, 1.82) is 0 Å². The maximum Gasteiger partial charge on any atom is 0.322 e. The van der Waals surface area contributed by atoms with E-state index >= 15 is 0 Å². The van der Waals surface area contributed by atoms with E-state index in [2.05, 4.69) is 20.3 Å². The molecular formula is C10H11ClN4OS. The van der Waals surface area contributed by atoms with Crippen molar-refractivity contribution in [3.05, 3.63) is 27.7 Å². The van der Waals surface area contributed by atoms with Gasteiger partial charge in [-0.2, -0.15) is 15.0 Å². The summed E-state index contributed by atoms with van der Waals surface area (Å²) in [4.78, 5) is 13.1. The first kappa shape index (κ1) is 12.1. The van der Waals surface area contributed by atoms with Crippen molar-refractivity contribution in [2.24, 2.45) is 0 Å². The molecule has 0 aliphatic carbocycles. The van der Waals surface area contributed by atoms with Gasteiger partial charge in [0.15, 0.2) is 0 Å². The zero-order valence-corrected chi connectivity index (χ0v) is 10.9. The molecule has 5 nitrogen and oxygen atoms in total. The van der Waals surface area contributed by atoms with Gasteiger partial charge in [-0.1, -0.05) is 6.07 Å². The summed E-state index contributed by atoms with van der Waals surface area (Å²) in [6.45, 7) is 2.02. The first-order chi connectivity index (χ1) is 8.19. The van der Waals surface area contributed by atoms with Crippen LogP contribution in [-0.2, 0) is 0 Å². The highest BCUT2D eigenvalue weighted by Gasteiger charge is 2.10. The summed E-state index contributed by atoms with van der Waals surface area (Å²) in [7, 11) is 1.48. The zero-order valence-electron chi connectivity index (χ0n) is 9.35. The maximum absolute atomic E-state index is 5.76. The van der Waals surface area contributed by atoms with Crippen molar-refractivity contribution < 1.29 is 4.74 Å². The summed E-state index contributed by atoms with van der Waals surface area (Å²) in [6, 6.07) is 4.35. The third kappa shape index (κ3) is 3.04. The van der Waals surface area contributed by atoms with Crippen molar-refractivity contribution in [1.82, 2.24) is 15.0 Å². The van der Waals surface area contributed by atoms with Crippen molar-refractivity contribution >= 4 is 28.9 Å². The first-order valence-electron chi connectivity index (χ1n) is 4.94. The number of anilines is 1. The number of methoxy groups -OCH3 is 1. The molecule has 2 rings (SSSR count). The normalized spacial score (nSPS) is 12.2. The van der Waals surface area contributed by atoms with Gasteiger partial charge >= 0.3 is 6.01 Å². The van der Waals surface area contributed by atoms with Crippen molar-refractivity contribution in [2.45, 2.75) is 13.0 Å². The molecule has 1 atom stereocenters. The molecule has 0 fully saturated rings. The number of hydrogen-bond donors (Lipinski definition) is 1. The Bertz CT molecular complexity index is 491. The van der Waals surface area contributed by atoms with E-state index in [0.29, 0.717) is 5.95 Å². The smallest absolute Gasteiger partial charge is 0.322 e. The van der Waals surface area contributed by atoms with Gasteiger partial charge in [-0.05, 0) is 30.0 Å². The number of hydrogen-bond acceptors (Lipinski definition) is 6. The van der Waals surface area contributed by atoms with Crippen molar-refractivity contribution in [3.8, 4) is 6.01 Å².